The number of amides is 2. The zero-order valence-electron chi connectivity index (χ0n) is 15.6. The zero-order valence-corrected chi connectivity index (χ0v) is 15.6. The highest BCUT2D eigenvalue weighted by Crippen LogP contribution is 2.47. The fourth-order valence-electron chi connectivity index (χ4n) is 4.77. The van der Waals surface area contributed by atoms with E-state index in [0.29, 0.717) is 44.3 Å². The second kappa shape index (κ2) is 6.66. The molecule has 1 aromatic carbocycles. The quantitative estimate of drug-likeness (QED) is 0.774. The molecule has 3 fully saturated rings. The summed E-state index contributed by atoms with van der Waals surface area (Å²) in [6.07, 6.45) is 3.03. The van der Waals surface area contributed by atoms with E-state index in [1.54, 1.807) is 21.9 Å². The first kappa shape index (κ1) is 18.3. The summed E-state index contributed by atoms with van der Waals surface area (Å²) >= 11 is 0. The van der Waals surface area contributed by atoms with Crippen LogP contribution in [0.5, 0.6) is 0 Å². The highest BCUT2D eigenvalue weighted by atomic mass is 19.1. The molecule has 4 heterocycles. The largest absolute Gasteiger partial charge is 0.459 e. The molecule has 0 N–H and O–H groups in total. The Balaban J connectivity index is 1.33. The predicted octanol–water partition coefficient (Wildman–Crippen LogP) is 3.25. The Labute approximate surface area is 166 Å². The van der Waals surface area contributed by atoms with Crippen LogP contribution in [-0.2, 0) is 9.53 Å². The maximum atomic E-state index is 13.7. The SMILES string of the molecule is O=C(c1ccco1)N1CCC2(CC1)OC1CCC(c3cc(F)cc(F)c3)N1C2=O. The van der Waals surface area contributed by atoms with Gasteiger partial charge >= 0.3 is 0 Å². The first-order valence-electron chi connectivity index (χ1n) is 9.76. The second-order valence-electron chi connectivity index (χ2n) is 7.84. The molecule has 0 radical (unpaired) electrons. The molecule has 3 aliphatic heterocycles. The van der Waals surface area contributed by atoms with Crippen LogP contribution < -0.4 is 0 Å². The number of rotatable bonds is 2. The summed E-state index contributed by atoms with van der Waals surface area (Å²) in [6.45, 7) is 0.760. The van der Waals surface area contributed by atoms with Crippen molar-refractivity contribution in [2.24, 2.45) is 0 Å². The predicted molar refractivity (Wildman–Crippen MR) is 96.6 cm³/mol. The fraction of sp³-hybridized carbons (Fsp3) is 0.429. The van der Waals surface area contributed by atoms with Crippen molar-refractivity contribution < 1.29 is 27.5 Å². The monoisotopic (exact) mass is 402 g/mol. The number of likely N-dealkylation sites (tertiary alicyclic amines) is 1. The van der Waals surface area contributed by atoms with E-state index in [4.69, 9.17) is 9.15 Å². The molecule has 2 unspecified atom stereocenters. The molecular formula is C21H20F2N2O4. The van der Waals surface area contributed by atoms with Crippen LogP contribution in [0.2, 0.25) is 0 Å². The molecule has 0 aliphatic carbocycles. The Morgan fingerprint density at radius 3 is 2.48 bits per heavy atom. The van der Waals surface area contributed by atoms with Gasteiger partial charge in [-0.05, 0) is 42.7 Å². The van der Waals surface area contributed by atoms with Gasteiger partial charge in [0.1, 0.15) is 17.9 Å². The van der Waals surface area contributed by atoms with E-state index in [9.17, 15) is 18.4 Å². The number of carbonyl (C=O) groups is 2. The summed E-state index contributed by atoms with van der Waals surface area (Å²) < 4.78 is 38.7. The van der Waals surface area contributed by atoms with Crippen LogP contribution >= 0.6 is 0 Å². The van der Waals surface area contributed by atoms with Crippen LogP contribution in [-0.4, -0.2) is 46.5 Å². The van der Waals surface area contributed by atoms with Gasteiger partial charge in [-0.25, -0.2) is 8.78 Å². The lowest BCUT2D eigenvalue weighted by atomic mass is 9.89. The topological polar surface area (TPSA) is 63.0 Å². The van der Waals surface area contributed by atoms with Crippen LogP contribution in [0, 0.1) is 11.6 Å². The Hall–Kier alpha value is -2.74. The summed E-state index contributed by atoms with van der Waals surface area (Å²) in [5.41, 5.74) is -0.528. The zero-order chi connectivity index (χ0) is 20.2. The van der Waals surface area contributed by atoms with Crippen molar-refractivity contribution in [1.29, 1.82) is 0 Å². The normalized spacial score (nSPS) is 25.7. The molecule has 5 rings (SSSR count). The number of hydrogen-bond acceptors (Lipinski definition) is 4. The van der Waals surface area contributed by atoms with Crippen LogP contribution in [0.25, 0.3) is 0 Å². The van der Waals surface area contributed by atoms with Crippen LogP contribution in [0.4, 0.5) is 8.78 Å². The van der Waals surface area contributed by atoms with Gasteiger partial charge in [0.15, 0.2) is 11.4 Å². The van der Waals surface area contributed by atoms with Crippen molar-refractivity contribution in [3.8, 4) is 0 Å². The molecule has 152 valence electrons. The van der Waals surface area contributed by atoms with Crippen molar-refractivity contribution in [2.75, 3.05) is 13.1 Å². The average Bonchev–Trinajstić information content (AvgIpc) is 3.41. The van der Waals surface area contributed by atoms with Gasteiger partial charge in [-0.2, -0.15) is 0 Å². The highest BCUT2D eigenvalue weighted by Gasteiger charge is 2.58. The van der Waals surface area contributed by atoms with E-state index in [2.05, 4.69) is 0 Å². The van der Waals surface area contributed by atoms with Crippen molar-refractivity contribution in [3.05, 3.63) is 59.6 Å². The first-order valence-corrected chi connectivity index (χ1v) is 9.76. The molecule has 3 aliphatic rings. The van der Waals surface area contributed by atoms with Gasteiger partial charge in [0.2, 0.25) is 0 Å². The summed E-state index contributed by atoms with van der Waals surface area (Å²) in [6, 6.07) is 6.25. The van der Waals surface area contributed by atoms with Gasteiger partial charge in [0, 0.05) is 32.0 Å². The van der Waals surface area contributed by atoms with Crippen molar-refractivity contribution in [2.45, 2.75) is 43.6 Å². The number of ether oxygens (including phenoxy) is 1. The van der Waals surface area contributed by atoms with Gasteiger partial charge in [-0.3, -0.25) is 9.59 Å². The van der Waals surface area contributed by atoms with E-state index in [1.807, 2.05) is 0 Å². The van der Waals surface area contributed by atoms with Crippen molar-refractivity contribution in [1.82, 2.24) is 9.80 Å². The Kier molecular flexibility index (Phi) is 4.20. The fourth-order valence-corrected chi connectivity index (χ4v) is 4.77. The number of benzene rings is 1. The molecular weight excluding hydrogens is 382 g/mol. The van der Waals surface area contributed by atoms with Gasteiger partial charge < -0.3 is 19.0 Å². The number of halogens is 2. The summed E-state index contributed by atoms with van der Waals surface area (Å²) in [5.74, 6) is -1.40. The standard InChI is InChI=1S/C21H20F2N2O4/c22-14-10-13(11-15(23)12-14)16-3-4-18-25(16)20(27)21(29-18)5-7-24(8-6-21)19(26)17-2-1-9-28-17/h1-2,9-12,16,18H,3-8H2. The maximum Gasteiger partial charge on any atom is 0.289 e. The van der Waals surface area contributed by atoms with Gasteiger partial charge in [0.25, 0.3) is 11.8 Å². The van der Waals surface area contributed by atoms with Gasteiger partial charge in [0.05, 0.1) is 12.3 Å². The lowest BCUT2D eigenvalue weighted by Crippen LogP contribution is -2.51. The third-order valence-electron chi connectivity index (χ3n) is 6.18. The van der Waals surface area contributed by atoms with Crippen LogP contribution in [0.1, 0.15) is 47.8 Å². The molecule has 0 saturated carbocycles. The number of furan rings is 1. The van der Waals surface area contributed by atoms with Crippen LogP contribution in [0.3, 0.4) is 0 Å². The third kappa shape index (κ3) is 2.93. The minimum Gasteiger partial charge on any atom is -0.459 e. The minimum atomic E-state index is -0.977. The molecule has 8 heteroatoms. The molecule has 2 aromatic rings. The molecule has 1 aromatic heterocycles. The maximum absolute atomic E-state index is 13.7. The van der Waals surface area contributed by atoms with E-state index < -0.39 is 29.5 Å². The van der Waals surface area contributed by atoms with Crippen molar-refractivity contribution in [3.63, 3.8) is 0 Å². The Bertz CT molecular complexity index is 933. The van der Waals surface area contributed by atoms with Gasteiger partial charge in [-0.15, -0.1) is 0 Å². The summed E-state index contributed by atoms with van der Waals surface area (Å²) in [4.78, 5) is 29.1. The number of fused-ring (bicyclic) bond motifs is 1. The van der Waals surface area contributed by atoms with E-state index in [1.165, 1.54) is 18.4 Å². The van der Waals surface area contributed by atoms with Crippen LogP contribution in [0.15, 0.2) is 41.0 Å². The Morgan fingerprint density at radius 2 is 1.83 bits per heavy atom. The lowest BCUT2D eigenvalue weighted by molar-refractivity contribution is -0.142. The molecule has 3 saturated heterocycles. The summed E-state index contributed by atoms with van der Waals surface area (Å²) in [7, 11) is 0. The number of nitrogens with zero attached hydrogens (tertiary/aromatic N) is 2. The highest BCUT2D eigenvalue weighted by molar-refractivity contribution is 5.92. The molecule has 6 nitrogen and oxygen atoms in total. The molecule has 1 spiro atoms. The van der Waals surface area contributed by atoms with E-state index in [-0.39, 0.29) is 17.6 Å². The lowest BCUT2D eigenvalue weighted by Gasteiger charge is -2.37. The number of piperidine rings is 1. The molecule has 29 heavy (non-hydrogen) atoms. The summed E-state index contributed by atoms with van der Waals surface area (Å²) in [5, 5.41) is 0. The van der Waals surface area contributed by atoms with E-state index in [0.717, 1.165) is 6.07 Å². The van der Waals surface area contributed by atoms with Gasteiger partial charge in [-0.1, -0.05) is 0 Å². The van der Waals surface area contributed by atoms with Crippen molar-refractivity contribution >= 4 is 11.8 Å². The molecule has 2 amide bonds. The van der Waals surface area contributed by atoms with E-state index >= 15 is 0 Å². The third-order valence-corrected chi connectivity index (χ3v) is 6.18. The number of carbonyl (C=O) groups excluding carboxylic acids is 2. The smallest absolute Gasteiger partial charge is 0.289 e. The second-order valence-corrected chi connectivity index (χ2v) is 7.84. The average molecular weight is 402 g/mol. The first-order chi connectivity index (χ1) is 14.0. The Morgan fingerprint density at radius 1 is 1.10 bits per heavy atom. The number of hydrogen-bond donors (Lipinski definition) is 0. The molecule has 0 bridgehead atoms. The molecule has 2 atom stereocenters. The minimum absolute atomic E-state index is 0.153.